The van der Waals surface area contributed by atoms with Gasteiger partial charge >= 0.3 is 0 Å². The molecule has 0 bridgehead atoms. The van der Waals surface area contributed by atoms with Crippen LogP contribution in [0.25, 0.3) is 22.3 Å². The predicted octanol–water partition coefficient (Wildman–Crippen LogP) is 4.34. The van der Waals surface area contributed by atoms with Crippen LogP contribution in [0, 0.1) is 12.7 Å². The molecule has 7 nitrogen and oxygen atoms in total. The van der Waals surface area contributed by atoms with E-state index in [1.54, 1.807) is 30.6 Å². The van der Waals surface area contributed by atoms with E-state index in [0.717, 1.165) is 11.3 Å². The van der Waals surface area contributed by atoms with Gasteiger partial charge in [0.2, 0.25) is 0 Å². The molecule has 2 aromatic heterocycles. The maximum Gasteiger partial charge on any atom is 0.197 e. The molecule has 2 heterocycles. The van der Waals surface area contributed by atoms with Crippen LogP contribution in [0.3, 0.4) is 0 Å². The summed E-state index contributed by atoms with van der Waals surface area (Å²) in [5, 5.41) is -0.00398. The van der Waals surface area contributed by atoms with E-state index in [1.165, 1.54) is 12.1 Å². The second-order valence-corrected chi connectivity index (χ2v) is 8.77. The van der Waals surface area contributed by atoms with Crippen molar-refractivity contribution in [2.45, 2.75) is 19.8 Å². The Morgan fingerprint density at radius 2 is 1.94 bits per heavy atom. The van der Waals surface area contributed by atoms with E-state index < -0.39 is 22.9 Å². The summed E-state index contributed by atoms with van der Waals surface area (Å²) in [6, 6.07) is 11.5. The highest BCUT2D eigenvalue weighted by Gasteiger charge is 2.21. The summed E-state index contributed by atoms with van der Waals surface area (Å²) >= 11 is 3.82. The number of hydrogen-bond acceptors (Lipinski definition) is 6. The normalized spacial score (nSPS) is 12.1. The van der Waals surface area contributed by atoms with Crippen LogP contribution in [0.1, 0.15) is 33.6 Å². The van der Waals surface area contributed by atoms with E-state index in [-0.39, 0.29) is 34.7 Å². The lowest BCUT2D eigenvalue weighted by atomic mass is 9.98. The average Bonchev–Trinajstić information content (AvgIpc) is 2.82. The average molecular weight is 498 g/mol. The predicted molar refractivity (Wildman–Crippen MR) is 128 cm³/mol. The Hall–Kier alpha value is -3.11. The van der Waals surface area contributed by atoms with Gasteiger partial charge in [0.25, 0.3) is 0 Å². The molecule has 0 aliphatic rings. The lowest BCUT2D eigenvalue weighted by Crippen LogP contribution is -2.18. The molecular weight excluding hydrogens is 479 g/mol. The lowest BCUT2D eigenvalue weighted by molar-refractivity contribution is 0.103. The van der Waals surface area contributed by atoms with Crippen molar-refractivity contribution in [1.82, 2.24) is 19.7 Å². The first kappa shape index (κ1) is 24.0. The smallest absolute Gasteiger partial charge is 0.197 e. The highest BCUT2D eigenvalue weighted by Crippen LogP contribution is 2.27. The molecule has 1 unspecified atom stereocenters. The van der Waals surface area contributed by atoms with Gasteiger partial charge in [-0.2, -0.15) is 0 Å². The van der Waals surface area contributed by atoms with E-state index >= 15 is 4.39 Å². The molecule has 0 fully saturated rings. The summed E-state index contributed by atoms with van der Waals surface area (Å²) in [5.74, 6) is -1.29. The molecule has 10 heteroatoms. The first-order valence-electron chi connectivity index (χ1n) is 10.4. The number of rotatable bonds is 8. The first-order valence-corrected chi connectivity index (χ1v) is 11.8. The third-order valence-electron chi connectivity index (χ3n) is 5.25. The van der Waals surface area contributed by atoms with Crippen molar-refractivity contribution in [3.8, 4) is 11.3 Å². The zero-order chi connectivity index (χ0) is 24.2. The Labute approximate surface area is 202 Å². The van der Waals surface area contributed by atoms with Crippen molar-refractivity contribution < 1.29 is 17.9 Å². The van der Waals surface area contributed by atoms with Crippen LogP contribution >= 0.6 is 11.6 Å². The molecule has 0 radical (unpaired) electrons. The maximum atomic E-state index is 15.2. The topological polar surface area (TPSA) is 108 Å². The van der Waals surface area contributed by atoms with Gasteiger partial charge in [-0.25, -0.2) is 14.1 Å². The molecule has 0 aliphatic carbocycles. The molecule has 4 rings (SSSR count). The van der Waals surface area contributed by atoms with E-state index in [9.17, 15) is 13.6 Å². The quantitative estimate of drug-likeness (QED) is 0.220. The van der Waals surface area contributed by atoms with Crippen molar-refractivity contribution >= 4 is 39.7 Å². The molecule has 4 aromatic rings. The largest absolute Gasteiger partial charge is 0.760 e. The van der Waals surface area contributed by atoms with Gasteiger partial charge in [-0.05, 0) is 61.7 Å². The lowest BCUT2D eigenvalue weighted by Gasteiger charge is -2.11. The van der Waals surface area contributed by atoms with Crippen LogP contribution in [-0.4, -0.2) is 36.0 Å². The van der Waals surface area contributed by atoms with Gasteiger partial charge in [-0.15, -0.1) is 0 Å². The number of halogens is 2. The highest BCUT2D eigenvalue weighted by molar-refractivity contribution is 7.77. The standard InChI is InChI=1S/C24H20ClFN4O3S/c1-14-4-5-17(12-27-14)21-13-28-19-9-7-16(11-20(19)30-21)24(31)22-18(25)8-6-15(23(22)26)3-2-10-29-34(32)33/h4-9,11-13,29H,2-3,10H2,1H3,(H,32,33)/p-1. The van der Waals surface area contributed by atoms with Gasteiger partial charge in [-0.3, -0.25) is 19.0 Å². The number of fused-ring (bicyclic) bond motifs is 1. The van der Waals surface area contributed by atoms with Crippen molar-refractivity contribution in [3.63, 3.8) is 0 Å². The third kappa shape index (κ3) is 5.34. The summed E-state index contributed by atoms with van der Waals surface area (Å²) < 4.78 is 38.6. The minimum atomic E-state index is -2.38. The Kier molecular flexibility index (Phi) is 7.38. The maximum absolute atomic E-state index is 15.2. The van der Waals surface area contributed by atoms with E-state index in [4.69, 9.17) is 11.6 Å². The van der Waals surface area contributed by atoms with Crippen LogP contribution in [0.4, 0.5) is 4.39 Å². The molecule has 0 saturated carbocycles. The van der Waals surface area contributed by atoms with Crippen LogP contribution in [0.2, 0.25) is 5.02 Å². The number of ketones is 1. The summed E-state index contributed by atoms with van der Waals surface area (Å²) in [7, 11) is 0. The number of aryl methyl sites for hydroxylation is 2. The number of hydrogen-bond donors (Lipinski definition) is 1. The number of carbonyl (C=O) groups is 1. The fourth-order valence-corrected chi connectivity index (χ4v) is 4.03. The Bertz CT molecular complexity index is 1400. The molecule has 0 saturated heterocycles. The molecule has 34 heavy (non-hydrogen) atoms. The minimum Gasteiger partial charge on any atom is -0.760 e. The Morgan fingerprint density at radius 1 is 1.12 bits per heavy atom. The van der Waals surface area contributed by atoms with E-state index in [0.29, 0.717) is 23.1 Å². The van der Waals surface area contributed by atoms with Gasteiger partial charge in [0.15, 0.2) is 5.78 Å². The van der Waals surface area contributed by atoms with Crippen molar-refractivity contribution in [2.75, 3.05) is 6.54 Å². The molecular formula is C24H19ClFN4O3S-. The number of aromatic nitrogens is 3. The fraction of sp³-hybridized carbons (Fsp3) is 0.167. The number of pyridine rings is 1. The van der Waals surface area contributed by atoms with Gasteiger partial charge in [0.05, 0.1) is 33.5 Å². The second kappa shape index (κ2) is 10.4. The molecule has 2 aromatic carbocycles. The summed E-state index contributed by atoms with van der Waals surface area (Å²) in [6.07, 6.45) is 3.94. The monoisotopic (exact) mass is 497 g/mol. The zero-order valence-corrected chi connectivity index (χ0v) is 19.6. The fourth-order valence-electron chi connectivity index (χ4n) is 3.49. The van der Waals surface area contributed by atoms with Crippen molar-refractivity contribution in [3.05, 3.63) is 88.1 Å². The van der Waals surface area contributed by atoms with E-state index in [1.807, 2.05) is 19.1 Å². The highest BCUT2D eigenvalue weighted by atomic mass is 35.5. The third-order valence-corrected chi connectivity index (χ3v) is 6.01. The Balaban J connectivity index is 1.64. The molecule has 1 atom stereocenters. The van der Waals surface area contributed by atoms with E-state index in [2.05, 4.69) is 19.7 Å². The molecule has 0 amide bonds. The molecule has 0 spiro atoms. The molecule has 174 valence electrons. The SMILES string of the molecule is Cc1ccc(-c2cnc3ccc(C(=O)c4c(Cl)ccc(CCCNS(=O)[O-])c4F)cc3n2)cn1. The first-order chi connectivity index (χ1) is 16.3. The van der Waals surface area contributed by atoms with Crippen LogP contribution in [-0.2, 0) is 17.7 Å². The van der Waals surface area contributed by atoms with Gasteiger partial charge in [0, 0.05) is 40.8 Å². The molecule has 1 N–H and O–H groups in total. The van der Waals surface area contributed by atoms with Crippen LogP contribution in [0.5, 0.6) is 0 Å². The van der Waals surface area contributed by atoms with Crippen molar-refractivity contribution in [1.29, 1.82) is 0 Å². The van der Waals surface area contributed by atoms with Crippen LogP contribution < -0.4 is 4.72 Å². The summed E-state index contributed by atoms with van der Waals surface area (Å²) in [6.45, 7) is 2.04. The number of nitrogens with one attached hydrogen (secondary N) is 1. The zero-order valence-electron chi connectivity index (χ0n) is 18.0. The minimum absolute atomic E-state index is 0.00398. The van der Waals surface area contributed by atoms with Gasteiger partial charge in [-0.1, -0.05) is 17.7 Å². The van der Waals surface area contributed by atoms with Crippen molar-refractivity contribution in [2.24, 2.45) is 0 Å². The second-order valence-electron chi connectivity index (χ2n) is 7.60. The van der Waals surface area contributed by atoms with Gasteiger partial charge in [0.1, 0.15) is 5.82 Å². The Morgan fingerprint density at radius 3 is 2.68 bits per heavy atom. The summed E-state index contributed by atoms with van der Waals surface area (Å²) in [4.78, 5) is 26.5. The molecule has 0 aliphatic heterocycles. The van der Waals surface area contributed by atoms with Crippen LogP contribution in [0.15, 0.2) is 54.9 Å². The number of benzene rings is 2. The van der Waals surface area contributed by atoms with Gasteiger partial charge < -0.3 is 4.55 Å². The summed E-state index contributed by atoms with van der Waals surface area (Å²) in [5.41, 5.74) is 3.60. The number of nitrogens with zero attached hydrogens (tertiary/aromatic N) is 3. The number of carbonyl (C=O) groups excluding carboxylic acids is 1.